The summed E-state index contributed by atoms with van der Waals surface area (Å²) in [5, 5.41) is 18.3. The van der Waals surface area contributed by atoms with Gasteiger partial charge >= 0.3 is 0 Å². The highest BCUT2D eigenvalue weighted by molar-refractivity contribution is 6.04. The number of carbonyl (C=O) groups is 1. The van der Waals surface area contributed by atoms with Gasteiger partial charge in [0.1, 0.15) is 0 Å². The molecule has 2 N–H and O–H groups in total. The normalized spacial score (nSPS) is 24.2. The summed E-state index contributed by atoms with van der Waals surface area (Å²) < 4.78 is 0. The first-order valence-electron chi connectivity index (χ1n) is 7.62. The summed E-state index contributed by atoms with van der Waals surface area (Å²) in [6.07, 6.45) is 3.73. The molecule has 4 rings (SSSR count). The first-order valence-corrected chi connectivity index (χ1v) is 7.62. The Morgan fingerprint density at radius 3 is 3.00 bits per heavy atom. The average Bonchev–Trinajstić information content (AvgIpc) is 3.14. The van der Waals surface area contributed by atoms with Gasteiger partial charge < -0.3 is 10.0 Å². The topological polar surface area (TPSA) is 69.2 Å². The van der Waals surface area contributed by atoms with E-state index < -0.39 is 5.60 Å². The van der Waals surface area contributed by atoms with Gasteiger partial charge in [-0.15, -0.1) is 0 Å². The second kappa shape index (κ2) is 4.56. The Hall–Kier alpha value is -1.88. The Kier molecular flexibility index (Phi) is 2.79. The van der Waals surface area contributed by atoms with Crippen LogP contribution in [-0.4, -0.2) is 44.8 Å². The first-order chi connectivity index (χ1) is 10.2. The molecule has 2 aliphatic rings. The van der Waals surface area contributed by atoms with E-state index in [1.54, 1.807) is 0 Å². The minimum Gasteiger partial charge on any atom is -0.390 e. The molecule has 1 aromatic heterocycles. The zero-order valence-corrected chi connectivity index (χ0v) is 11.9. The predicted octanol–water partition coefficient (Wildman–Crippen LogP) is 1.94. The number of aromatic nitrogens is 2. The number of rotatable bonds is 2. The van der Waals surface area contributed by atoms with Crippen LogP contribution in [0.2, 0.25) is 0 Å². The van der Waals surface area contributed by atoms with Gasteiger partial charge in [0, 0.05) is 24.4 Å². The SMILES string of the molecule is O=C(c1n[nH]c2ccccc12)N1CCCC(C2(O)CC2)C1. The van der Waals surface area contributed by atoms with Gasteiger partial charge in [-0.05, 0) is 31.7 Å². The highest BCUT2D eigenvalue weighted by Gasteiger charge is 2.49. The molecule has 1 aliphatic carbocycles. The molecule has 1 amide bonds. The highest BCUT2D eigenvalue weighted by Crippen LogP contribution is 2.45. The van der Waals surface area contributed by atoms with Gasteiger partial charge in [-0.2, -0.15) is 5.10 Å². The fraction of sp³-hybridized carbons (Fsp3) is 0.500. The van der Waals surface area contributed by atoms with Crippen LogP contribution >= 0.6 is 0 Å². The third-order valence-electron chi connectivity index (χ3n) is 4.90. The molecule has 1 saturated carbocycles. The molecule has 1 atom stereocenters. The van der Waals surface area contributed by atoms with Crippen molar-refractivity contribution < 1.29 is 9.90 Å². The molecular formula is C16H19N3O2. The maximum atomic E-state index is 12.7. The van der Waals surface area contributed by atoms with Crippen LogP contribution in [-0.2, 0) is 0 Å². The number of amides is 1. The molecule has 5 nitrogen and oxygen atoms in total. The Morgan fingerprint density at radius 1 is 1.38 bits per heavy atom. The lowest BCUT2D eigenvalue weighted by Crippen LogP contribution is -2.44. The van der Waals surface area contributed by atoms with Crippen LogP contribution in [0.1, 0.15) is 36.2 Å². The maximum Gasteiger partial charge on any atom is 0.275 e. The fourth-order valence-electron chi connectivity index (χ4n) is 3.41. The van der Waals surface area contributed by atoms with Crippen molar-refractivity contribution in [2.24, 2.45) is 5.92 Å². The van der Waals surface area contributed by atoms with Crippen molar-refractivity contribution in [3.05, 3.63) is 30.0 Å². The first kappa shape index (κ1) is 12.8. The van der Waals surface area contributed by atoms with Crippen LogP contribution in [0.5, 0.6) is 0 Å². The van der Waals surface area contributed by atoms with E-state index in [0.717, 1.165) is 43.1 Å². The largest absolute Gasteiger partial charge is 0.390 e. The van der Waals surface area contributed by atoms with Crippen LogP contribution in [0.3, 0.4) is 0 Å². The van der Waals surface area contributed by atoms with Gasteiger partial charge in [-0.25, -0.2) is 0 Å². The van der Waals surface area contributed by atoms with Crippen LogP contribution < -0.4 is 0 Å². The summed E-state index contributed by atoms with van der Waals surface area (Å²) >= 11 is 0. The number of hydrogen-bond acceptors (Lipinski definition) is 3. The summed E-state index contributed by atoms with van der Waals surface area (Å²) in [5.41, 5.74) is 0.872. The van der Waals surface area contributed by atoms with Gasteiger partial charge in [0.25, 0.3) is 5.91 Å². The minimum absolute atomic E-state index is 0.0265. The van der Waals surface area contributed by atoms with E-state index in [-0.39, 0.29) is 11.8 Å². The lowest BCUT2D eigenvalue weighted by molar-refractivity contribution is 0.0280. The number of nitrogens with zero attached hydrogens (tertiary/aromatic N) is 2. The summed E-state index contributed by atoms with van der Waals surface area (Å²) in [6.45, 7) is 1.41. The summed E-state index contributed by atoms with van der Waals surface area (Å²) in [6, 6.07) is 7.68. The summed E-state index contributed by atoms with van der Waals surface area (Å²) in [4.78, 5) is 14.6. The Labute approximate surface area is 122 Å². The molecule has 1 saturated heterocycles. The second-order valence-corrected chi connectivity index (χ2v) is 6.31. The minimum atomic E-state index is -0.507. The molecule has 0 radical (unpaired) electrons. The van der Waals surface area contributed by atoms with E-state index in [0.29, 0.717) is 12.2 Å². The monoisotopic (exact) mass is 285 g/mol. The molecular weight excluding hydrogens is 266 g/mol. The van der Waals surface area contributed by atoms with E-state index in [9.17, 15) is 9.90 Å². The van der Waals surface area contributed by atoms with E-state index in [2.05, 4.69) is 10.2 Å². The van der Waals surface area contributed by atoms with E-state index in [4.69, 9.17) is 0 Å². The number of benzene rings is 1. The average molecular weight is 285 g/mol. The van der Waals surface area contributed by atoms with Crippen LogP contribution in [0.4, 0.5) is 0 Å². The third-order valence-corrected chi connectivity index (χ3v) is 4.90. The smallest absolute Gasteiger partial charge is 0.275 e. The maximum absolute atomic E-state index is 12.7. The fourth-order valence-corrected chi connectivity index (χ4v) is 3.41. The molecule has 2 fully saturated rings. The van der Waals surface area contributed by atoms with E-state index in [1.807, 2.05) is 29.2 Å². The Balaban J connectivity index is 1.59. The van der Waals surface area contributed by atoms with E-state index >= 15 is 0 Å². The predicted molar refractivity (Wildman–Crippen MR) is 78.9 cm³/mol. The van der Waals surface area contributed by atoms with Crippen molar-refractivity contribution in [3.63, 3.8) is 0 Å². The zero-order valence-electron chi connectivity index (χ0n) is 11.9. The molecule has 0 spiro atoms. The summed E-state index contributed by atoms with van der Waals surface area (Å²) in [5.74, 6) is 0.196. The van der Waals surface area contributed by atoms with Gasteiger partial charge in [0.2, 0.25) is 0 Å². The van der Waals surface area contributed by atoms with Gasteiger partial charge in [-0.1, -0.05) is 18.2 Å². The zero-order chi connectivity index (χ0) is 14.4. The Morgan fingerprint density at radius 2 is 2.19 bits per heavy atom. The van der Waals surface area contributed by atoms with Crippen molar-refractivity contribution in [1.82, 2.24) is 15.1 Å². The second-order valence-electron chi connectivity index (χ2n) is 6.31. The molecule has 1 unspecified atom stereocenters. The number of aliphatic hydroxyl groups is 1. The van der Waals surface area contributed by atoms with Gasteiger partial charge in [0.15, 0.2) is 5.69 Å². The highest BCUT2D eigenvalue weighted by atomic mass is 16.3. The van der Waals surface area contributed by atoms with Crippen molar-refractivity contribution >= 4 is 16.8 Å². The number of fused-ring (bicyclic) bond motifs is 1. The number of aromatic amines is 1. The molecule has 2 aromatic rings. The third kappa shape index (κ3) is 2.12. The lowest BCUT2D eigenvalue weighted by atomic mass is 9.90. The standard InChI is InChI=1S/C16H19N3O2/c20-15(14-12-5-1-2-6-13(12)17-18-14)19-9-3-4-11(10-19)16(21)7-8-16/h1-2,5-6,11,21H,3-4,7-10H2,(H,17,18). The van der Waals surface area contributed by atoms with Crippen LogP contribution in [0.25, 0.3) is 10.9 Å². The van der Waals surface area contributed by atoms with Crippen LogP contribution in [0, 0.1) is 5.92 Å². The van der Waals surface area contributed by atoms with Crippen molar-refractivity contribution in [2.45, 2.75) is 31.3 Å². The molecule has 2 heterocycles. The number of likely N-dealkylation sites (tertiary alicyclic amines) is 1. The number of para-hydroxylation sites is 1. The number of carbonyl (C=O) groups excluding carboxylic acids is 1. The lowest BCUT2D eigenvalue weighted by Gasteiger charge is -2.35. The van der Waals surface area contributed by atoms with Crippen molar-refractivity contribution in [1.29, 1.82) is 0 Å². The summed E-state index contributed by atoms with van der Waals surface area (Å²) in [7, 11) is 0. The van der Waals surface area contributed by atoms with Crippen LogP contribution in [0.15, 0.2) is 24.3 Å². The number of H-pyrrole nitrogens is 1. The quantitative estimate of drug-likeness (QED) is 0.886. The molecule has 5 heteroatoms. The number of piperidine rings is 1. The molecule has 1 aliphatic heterocycles. The number of hydrogen-bond donors (Lipinski definition) is 2. The van der Waals surface area contributed by atoms with Gasteiger partial charge in [0.05, 0.1) is 11.1 Å². The molecule has 1 aromatic carbocycles. The molecule has 110 valence electrons. The van der Waals surface area contributed by atoms with Crippen molar-refractivity contribution in [2.75, 3.05) is 13.1 Å². The van der Waals surface area contributed by atoms with Crippen molar-refractivity contribution in [3.8, 4) is 0 Å². The number of nitrogens with one attached hydrogen (secondary N) is 1. The molecule has 0 bridgehead atoms. The molecule has 21 heavy (non-hydrogen) atoms. The Bertz CT molecular complexity index is 690. The van der Waals surface area contributed by atoms with Gasteiger partial charge in [-0.3, -0.25) is 9.89 Å². The van der Waals surface area contributed by atoms with E-state index in [1.165, 1.54) is 0 Å².